The lowest BCUT2D eigenvalue weighted by Crippen LogP contribution is -2.37. The molecule has 100 valence electrons. The largest absolute Gasteiger partial charge is 0.369 e. The van der Waals surface area contributed by atoms with Crippen molar-refractivity contribution in [3.05, 3.63) is 18.1 Å². The molecule has 1 unspecified atom stereocenters. The maximum Gasteiger partial charge on any atom is 0.274 e. The predicted molar refractivity (Wildman–Crippen MR) is 76.1 cm³/mol. The molecule has 5 nitrogen and oxygen atoms in total. The molecule has 0 aromatic carbocycles. The summed E-state index contributed by atoms with van der Waals surface area (Å²) >= 11 is 1.72. The minimum absolute atomic E-state index is 0.0906. The monoisotopic (exact) mass is 268 g/mol. The molecule has 1 aromatic heterocycles. The van der Waals surface area contributed by atoms with Gasteiger partial charge in [-0.25, -0.2) is 9.97 Å². The van der Waals surface area contributed by atoms with Gasteiger partial charge in [-0.1, -0.05) is 0 Å². The molecule has 0 fully saturated rings. The lowest BCUT2D eigenvalue weighted by atomic mass is 10.3. The van der Waals surface area contributed by atoms with Crippen LogP contribution < -0.4 is 5.32 Å². The van der Waals surface area contributed by atoms with Gasteiger partial charge in [-0.15, -0.1) is 0 Å². The van der Waals surface area contributed by atoms with Crippen LogP contribution in [0.1, 0.15) is 24.3 Å². The van der Waals surface area contributed by atoms with Gasteiger partial charge in [0.1, 0.15) is 11.5 Å². The van der Waals surface area contributed by atoms with Gasteiger partial charge in [0, 0.05) is 25.4 Å². The fourth-order valence-electron chi connectivity index (χ4n) is 1.44. The van der Waals surface area contributed by atoms with Crippen molar-refractivity contribution in [2.75, 3.05) is 30.9 Å². The summed E-state index contributed by atoms with van der Waals surface area (Å²) in [6.07, 6.45) is 5.13. The Hall–Kier alpha value is -1.30. The van der Waals surface area contributed by atoms with Crippen LogP contribution in [0.3, 0.4) is 0 Å². The first kappa shape index (κ1) is 14.8. The standard InChI is InChI=1S/C12H20N4OS/c1-5-13-11-7-14-10(6-15-11)12(17)16(3)9(2)8-18-4/h6-7,9H,5,8H2,1-4H3,(H,13,15). The summed E-state index contributed by atoms with van der Waals surface area (Å²) in [5.41, 5.74) is 0.382. The lowest BCUT2D eigenvalue weighted by Gasteiger charge is -2.23. The van der Waals surface area contributed by atoms with E-state index in [0.717, 1.165) is 12.3 Å². The van der Waals surface area contributed by atoms with Crippen molar-refractivity contribution in [2.45, 2.75) is 19.9 Å². The zero-order valence-electron chi connectivity index (χ0n) is 11.3. The Morgan fingerprint density at radius 3 is 2.72 bits per heavy atom. The molecule has 0 saturated carbocycles. The van der Waals surface area contributed by atoms with Crippen molar-refractivity contribution >= 4 is 23.5 Å². The van der Waals surface area contributed by atoms with Crippen LogP contribution >= 0.6 is 11.8 Å². The van der Waals surface area contributed by atoms with E-state index in [0.29, 0.717) is 11.5 Å². The lowest BCUT2D eigenvalue weighted by molar-refractivity contribution is 0.0751. The summed E-state index contributed by atoms with van der Waals surface area (Å²) in [6, 6.07) is 0.183. The van der Waals surface area contributed by atoms with Crippen molar-refractivity contribution in [3.63, 3.8) is 0 Å². The molecule has 1 aromatic rings. The Balaban J connectivity index is 2.71. The highest BCUT2D eigenvalue weighted by atomic mass is 32.2. The Kier molecular flexibility index (Phi) is 5.91. The fraction of sp³-hybridized carbons (Fsp3) is 0.583. The molecule has 0 saturated heterocycles. The number of carbonyl (C=O) groups excluding carboxylic acids is 1. The van der Waals surface area contributed by atoms with E-state index in [-0.39, 0.29) is 11.9 Å². The molecule has 1 N–H and O–H groups in total. The fourth-order valence-corrected chi connectivity index (χ4v) is 2.15. The number of rotatable bonds is 6. The van der Waals surface area contributed by atoms with Crippen LogP contribution in [-0.4, -0.2) is 52.4 Å². The summed E-state index contributed by atoms with van der Waals surface area (Å²) in [5, 5.41) is 3.04. The molecule has 1 rings (SSSR count). The molecule has 0 bridgehead atoms. The third-order valence-electron chi connectivity index (χ3n) is 2.62. The van der Waals surface area contributed by atoms with E-state index in [2.05, 4.69) is 15.3 Å². The first-order chi connectivity index (χ1) is 8.60. The topological polar surface area (TPSA) is 58.1 Å². The van der Waals surface area contributed by atoms with Gasteiger partial charge in [-0.05, 0) is 20.1 Å². The minimum Gasteiger partial charge on any atom is -0.369 e. The van der Waals surface area contributed by atoms with E-state index in [1.807, 2.05) is 20.1 Å². The highest BCUT2D eigenvalue weighted by Crippen LogP contribution is 2.08. The number of anilines is 1. The van der Waals surface area contributed by atoms with Crippen LogP contribution in [0.5, 0.6) is 0 Å². The first-order valence-electron chi connectivity index (χ1n) is 5.92. The summed E-state index contributed by atoms with van der Waals surface area (Å²) < 4.78 is 0. The van der Waals surface area contributed by atoms with Gasteiger partial charge < -0.3 is 10.2 Å². The summed E-state index contributed by atoms with van der Waals surface area (Å²) in [7, 11) is 1.79. The maximum absolute atomic E-state index is 12.1. The Bertz CT molecular complexity index is 382. The van der Waals surface area contributed by atoms with Crippen LogP contribution in [0.4, 0.5) is 5.82 Å². The number of nitrogens with zero attached hydrogens (tertiary/aromatic N) is 3. The van der Waals surface area contributed by atoms with E-state index in [1.165, 1.54) is 6.20 Å². The van der Waals surface area contributed by atoms with Gasteiger partial charge in [0.05, 0.1) is 12.4 Å². The van der Waals surface area contributed by atoms with Gasteiger partial charge in [0.15, 0.2) is 0 Å². The molecule has 0 radical (unpaired) electrons. The number of hydrogen-bond donors (Lipinski definition) is 1. The predicted octanol–water partition coefficient (Wildman–Crippen LogP) is 1.73. The Labute approximate surface area is 112 Å². The van der Waals surface area contributed by atoms with Gasteiger partial charge in [-0.3, -0.25) is 4.79 Å². The highest BCUT2D eigenvalue weighted by molar-refractivity contribution is 7.98. The first-order valence-corrected chi connectivity index (χ1v) is 7.31. The smallest absolute Gasteiger partial charge is 0.274 e. The second-order valence-electron chi connectivity index (χ2n) is 4.04. The van der Waals surface area contributed by atoms with Gasteiger partial charge in [-0.2, -0.15) is 11.8 Å². The molecule has 18 heavy (non-hydrogen) atoms. The zero-order valence-corrected chi connectivity index (χ0v) is 12.1. The van der Waals surface area contributed by atoms with Gasteiger partial charge in [0.25, 0.3) is 5.91 Å². The van der Waals surface area contributed by atoms with E-state index >= 15 is 0 Å². The zero-order chi connectivity index (χ0) is 13.5. The number of nitrogens with one attached hydrogen (secondary N) is 1. The number of aromatic nitrogens is 2. The number of carbonyl (C=O) groups is 1. The Morgan fingerprint density at radius 2 is 2.22 bits per heavy atom. The van der Waals surface area contributed by atoms with Crippen molar-refractivity contribution in [3.8, 4) is 0 Å². The molecule has 1 atom stereocenters. The third-order valence-corrected chi connectivity index (χ3v) is 3.43. The average molecular weight is 268 g/mol. The molecular formula is C12H20N4OS. The van der Waals surface area contributed by atoms with Crippen LogP contribution in [0.25, 0.3) is 0 Å². The quantitative estimate of drug-likeness (QED) is 0.851. The molecule has 0 spiro atoms. The molecule has 1 amide bonds. The molecule has 0 aliphatic carbocycles. The van der Waals surface area contributed by atoms with E-state index in [9.17, 15) is 4.79 Å². The van der Waals surface area contributed by atoms with Crippen LogP contribution in [0.15, 0.2) is 12.4 Å². The van der Waals surface area contributed by atoms with Crippen molar-refractivity contribution in [1.82, 2.24) is 14.9 Å². The normalized spacial score (nSPS) is 12.0. The number of amides is 1. The van der Waals surface area contributed by atoms with E-state index < -0.39 is 0 Å². The van der Waals surface area contributed by atoms with E-state index in [4.69, 9.17) is 0 Å². The van der Waals surface area contributed by atoms with Gasteiger partial charge >= 0.3 is 0 Å². The van der Waals surface area contributed by atoms with Gasteiger partial charge in [0.2, 0.25) is 0 Å². The highest BCUT2D eigenvalue weighted by Gasteiger charge is 2.18. The van der Waals surface area contributed by atoms with Crippen LogP contribution in [-0.2, 0) is 0 Å². The third kappa shape index (κ3) is 3.87. The summed E-state index contributed by atoms with van der Waals surface area (Å²) in [4.78, 5) is 22.1. The molecule has 1 heterocycles. The molecule has 0 aliphatic rings. The Morgan fingerprint density at radius 1 is 1.50 bits per heavy atom. The van der Waals surface area contributed by atoms with Crippen molar-refractivity contribution < 1.29 is 4.79 Å². The maximum atomic E-state index is 12.1. The van der Waals surface area contributed by atoms with E-state index in [1.54, 1.807) is 29.9 Å². The summed E-state index contributed by atoms with van der Waals surface area (Å²) in [5.74, 6) is 1.51. The van der Waals surface area contributed by atoms with Crippen LogP contribution in [0, 0.1) is 0 Å². The molecule has 6 heteroatoms. The molecule has 0 aliphatic heterocycles. The van der Waals surface area contributed by atoms with Crippen molar-refractivity contribution in [2.24, 2.45) is 0 Å². The molecular weight excluding hydrogens is 248 g/mol. The second-order valence-corrected chi connectivity index (χ2v) is 4.95. The second kappa shape index (κ2) is 7.20. The number of hydrogen-bond acceptors (Lipinski definition) is 5. The van der Waals surface area contributed by atoms with Crippen molar-refractivity contribution in [1.29, 1.82) is 0 Å². The SMILES string of the molecule is CCNc1cnc(C(=O)N(C)C(C)CSC)cn1. The van der Waals surface area contributed by atoms with Crippen LogP contribution in [0.2, 0.25) is 0 Å². The summed E-state index contributed by atoms with van der Waals surface area (Å²) in [6.45, 7) is 4.79. The number of thioether (sulfide) groups is 1. The minimum atomic E-state index is -0.0906. The average Bonchev–Trinajstić information content (AvgIpc) is 2.38.